The largest absolute Gasteiger partial charge is 0.489 e. The first-order valence-corrected chi connectivity index (χ1v) is 7.94. The minimum Gasteiger partial charge on any atom is -0.489 e. The molecule has 1 aromatic carbocycles. The normalized spacial score (nSPS) is 11.8. The van der Waals surface area contributed by atoms with Crippen LogP contribution in [0, 0.1) is 0 Å². The predicted octanol–water partition coefficient (Wildman–Crippen LogP) is 2.38. The SMILES string of the molecule is C=CCOc1ccc(Br)cc1/C=N\NC(=O)C(=O)N[C@H](C)CC. The quantitative estimate of drug-likeness (QED) is 0.329. The van der Waals surface area contributed by atoms with Crippen molar-refractivity contribution in [2.75, 3.05) is 6.61 Å². The molecule has 124 valence electrons. The minimum atomic E-state index is -0.815. The molecule has 1 atom stereocenters. The van der Waals surface area contributed by atoms with Crippen molar-refractivity contribution in [3.05, 3.63) is 40.9 Å². The first-order valence-electron chi connectivity index (χ1n) is 7.15. The van der Waals surface area contributed by atoms with Crippen LogP contribution in [0.3, 0.4) is 0 Å². The third kappa shape index (κ3) is 6.65. The van der Waals surface area contributed by atoms with Crippen LogP contribution < -0.4 is 15.5 Å². The third-order valence-electron chi connectivity index (χ3n) is 2.89. The van der Waals surface area contributed by atoms with E-state index in [2.05, 4.69) is 38.4 Å². The smallest absolute Gasteiger partial charge is 0.329 e. The molecular formula is C16H20BrN3O3. The highest BCUT2D eigenvalue weighted by Crippen LogP contribution is 2.21. The zero-order chi connectivity index (χ0) is 17.2. The maximum absolute atomic E-state index is 11.6. The molecule has 0 saturated carbocycles. The molecule has 0 aliphatic carbocycles. The maximum Gasteiger partial charge on any atom is 0.329 e. The number of ether oxygens (including phenoxy) is 1. The Hall–Kier alpha value is -2.15. The van der Waals surface area contributed by atoms with Crippen molar-refractivity contribution in [1.29, 1.82) is 0 Å². The van der Waals surface area contributed by atoms with Gasteiger partial charge in [-0.15, -0.1) is 0 Å². The van der Waals surface area contributed by atoms with Crippen molar-refractivity contribution in [3.8, 4) is 5.75 Å². The van der Waals surface area contributed by atoms with Crippen molar-refractivity contribution >= 4 is 34.0 Å². The monoisotopic (exact) mass is 381 g/mol. The lowest BCUT2D eigenvalue weighted by atomic mass is 10.2. The fourth-order valence-corrected chi connectivity index (χ4v) is 1.88. The van der Waals surface area contributed by atoms with Crippen LogP contribution in [0.4, 0.5) is 0 Å². The van der Waals surface area contributed by atoms with E-state index in [1.165, 1.54) is 6.21 Å². The number of amides is 2. The van der Waals surface area contributed by atoms with Crippen LogP contribution in [-0.4, -0.2) is 30.7 Å². The molecule has 2 amide bonds. The number of carbonyl (C=O) groups is 2. The number of rotatable bonds is 7. The Kier molecular flexibility index (Phi) is 8.04. The summed E-state index contributed by atoms with van der Waals surface area (Å²) >= 11 is 3.35. The average Bonchev–Trinajstić information content (AvgIpc) is 2.53. The van der Waals surface area contributed by atoms with Crippen LogP contribution in [0.2, 0.25) is 0 Å². The zero-order valence-corrected chi connectivity index (χ0v) is 14.7. The van der Waals surface area contributed by atoms with Crippen LogP contribution in [-0.2, 0) is 9.59 Å². The summed E-state index contributed by atoms with van der Waals surface area (Å²) in [5.41, 5.74) is 2.85. The summed E-state index contributed by atoms with van der Waals surface area (Å²) in [5, 5.41) is 6.35. The molecule has 0 bridgehead atoms. The van der Waals surface area contributed by atoms with Gasteiger partial charge in [0.2, 0.25) is 0 Å². The van der Waals surface area contributed by atoms with Gasteiger partial charge in [0.05, 0.1) is 6.21 Å². The molecular weight excluding hydrogens is 362 g/mol. The van der Waals surface area contributed by atoms with E-state index in [0.29, 0.717) is 17.9 Å². The number of hydrogen-bond acceptors (Lipinski definition) is 4. The number of hydrogen-bond donors (Lipinski definition) is 2. The topological polar surface area (TPSA) is 79.8 Å². The Morgan fingerprint density at radius 1 is 1.43 bits per heavy atom. The number of benzene rings is 1. The molecule has 6 nitrogen and oxygen atoms in total. The molecule has 1 rings (SSSR count). The van der Waals surface area contributed by atoms with E-state index in [0.717, 1.165) is 10.9 Å². The van der Waals surface area contributed by atoms with Gasteiger partial charge in [-0.25, -0.2) is 5.43 Å². The fraction of sp³-hybridized carbons (Fsp3) is 0.312. The lowest BCUT2D eigenvalue weighted by Crippen LogP contribution is -2.41. The predicted molar refractivity (Wildman–Crippen MR) is 93.5 cm³/mol. The van der Waals surface area contributed by atoms with Gasteiger partial charge in [-0.05, 0) is 31.5 Å². The average molecular weight is 382 g/mol. The first kappa shape index (κ1) is 18.9. The van der Waals surface area contributed by atoms with Gasteiger partial charge in [-0.2, -0.15) is 5.10 Å². The van der Waals surface area contributed by atoms with Gasteiger partial charge in [0.15, 0.2) is 0 Å². The van der Waals surface area contributed by atoms with E-state index < -0.39 is 11.8 Å². The van der Waals surface area contributed by atoms with Gasteiger partial charge in [-0.1, -0.05) is 35.5 Å². The molecule has 2 N–H and O–H groups in total. The summed E-state index contributed by atoms with van der Waals surface area (Å²) < 4.78 is 6.33. The highest BCUT2D eigenvalue weighted by molar-refractivity contribution is 9.10. The van der Waals surface area contributed by atoms with Crippen LogP contribution in [0.25, 0.3) is 0 Å². The number of hydrazone groups is 1. The maximum atomic E-state index is 11.6. The van der Waals surface area contributed by atoms with Crippen molar-refractivity contribution in [3.63, 3.8) is 0 Å². The molecule has 0 fully saturated rings. The Labute approximate surface area is 144 Å². The number of nitrogens with zero attached hydrogens (tertiary/aromatic N) is 1. The van der Waals surface area contributed by atoms with Crippen LogP contribution in [0.1, 0.15) is 25.8 Å². The summed E-state index contributed by atoms with van der Waals surface area (Å²) in [6, 6.07) is 5.31. The second-order valence-electron chi connectivity index (χ2n) is 4.76. The van der Waals surface area contributed by atoms with Crippen LogP contribution in [0.15, 0.2) is 40.4 Å². The van der Waals surface area contributed by atoms with Crippen molar-refractivity contribution in [2.45, 2.75) is 26.3 Å². The Balaban J connectivity index is 2.69. The first-order chi connectivity index (χ1) is 11.0. The number of halogens is 1. The summed E-state index contributed by atoms with van der Waals surface area (Å²) in [7, 11) is 0. The Morgan fingerprint density at radius 3 is 2.83 bits per heavy atom. The fourth-order valence-electron chi connectivity index (χ4n) is 1.50. The molecule has 0 heterocycles. The molecule has 7 heteroatoms. The third-order valence-corrected chi connectivity index (χ3v) is 3.39. The Bertz CT molecular complexity index is 602. The van der Waals surface area contributed by atoms with Crippen molar-refractivity contribution in [1.82, 2.24) is 10.7 Å². The van der Waals surface area contributed by atoms with Crippen molar-refractivity contribution < 1.29 is 14.3 Å². The second-order valence-corrected chi connectivity index (χ2v) is 5.68. The van der Waals surface area contributed by atoms with E-state index >= 15 is 0 Å². The highest BCUT2D eigenvalue weighted by Gasteiger charge is 2.14. The molecule has 1 aromatic rings. The molecule has 23 heavy (non-hydrogen) atoms. The van der Waals surface area contributed by atoms with Crippen LogP contribution in [0.5, 0.6) is 5.75 Å². The summed E-state index contributed by atoms with van der Waals surface area (Å²) in [6.07, 6.45) is 3.78. The van der Waals surface area contributed by atoms with Gasteiger partial charge in [0.1, 0.15) is 12.4 Å². The van der Waals surface area contributed by atoms with E-state index in [4.69, 9.17) is 4.74 Å². The van der Waals surface area contributed by atoms with Gasteiger partial charge in [0, 0.05) is 16.1 Å². The summed E-state index contributed by atoms with van der Waals surface area (Å²) in [6.45, 7) is 7.68. The lowest BCUT2D eigenvalue weighted by molar-refractivity contribution is -0.139. The van der Waals surface area contributed by atoms with E-state index in [9.17, 15) is 9.59 Å². The summed E-state index contributed by atoms with van der Waals surface area (Å²) in [5.74, 6) is -0.936. The minimum absolute atomic E-state index is 0.0683. The molecule has 0 saturated heterocycles. The van der Waals surface area contributed by atoms with Gasteiger partial charge < -0.3 is 10.1 Å². The van der Waals surface area contributed by atoms with E-state index in [1.54, 1.807) is 18.2 Å². The van der Waals surface area contributed by atoms with Crippen molar-refractivity contribution in [2.24, 2.45) is 5.10 Å². The molecule has 0 radical (unpaired) electrons. The molecule has 0 spiro atoms. The number of carbonyl (C=O) groups excluding carboxylic acids is 2. The van der Waals surface area contributed by atoms with Gasteiger partial charge in [0.25, 0.3) is 0 Å². The standard InChI is InChI=1S/C16H20BrN3O3/c1-4-8-23-14-7-6-13(17)9-12(14)10-18-20-16(22)15(21)19-11(3)5-2/h4,6-7,9-11H,1,5,8H2,2-3H3,(H,19,21)(H,20,22)/b18-10-/t11-/m1/s1. The van der Waals surface area contributed by atoms with Gasteiger partial charge in [-0.3, -0.25) is 9.59 Å². The highest BCUT2D eigenvalue weighted by atomic mass is 79.9. The lowest BCUT2D eigenvalue weighted by Gasteiger charge is -2.10. The second kappa shape index (κ2) is 9.78. The van der Waals surface area contributed by atoms with Crippen LogP contribution >= 0.6 is 15.9 Å². The molecule has 0 aliphatic rings. The molecule has 0 aliphatic heterocycles. The van der Waals surface area contributed by atoms with E-state index in [-0.39, 0.29) is 6.04 Å². The van der Waals surface area contributed by atoms with E-state index in [1.807, 2.05) is 19.9 Å². The Morgan fingerprint density at radius 2 is 2.17 bits per heavy atom. The molecule has 0 unspecified atom stereocenters. The van der Waals surface area contributed by atoms with Gasteiger partial charge >= 0.3 is 11.8 Å². The number of nitrogens with one attached hydrogen (secondary N) is 2. The molecule has 0 aromatic heterocycles. The summed E-state index contributed by atoms with van der Waals surface area (Å²) in [4.78, 5) is 23.2. The zero-order valence-electron chi connectivity index (χ0n) is 13.1.